The number of anilines is 2. The van der Waals surface area contributed by atoms with E-state index in [-0.39, 0.29) is 11.9 Å². The number of thiazole rings is 1. The van der Waals surface area contributed by atoms with Crippen molar-refractivity contribution in [2.24, 2.45) is 0 Å². The summed E-state index contributed by atoms with van der Waals surface area (Å²) in [5.74, 6) is 0.145. The second kappa shape index (κ2) is 4.69. The van der Waals surface area contributed by atoms with Gasteiger partial charge in [-0.15, -0.1) is 0 Å². The molecule has 1 amide bonds. The summed E-state index contributed by atoms with van der Waals surface area (Å²) in [7, 11) is 0. The van der Waals surface area contributed by atoms with E-state index in [0.29, 0.717) is 10.1 Å². The predicted octanol–water partition coefficient (Wildman–Crippen LogP) is 1.15. The Morgan fingerprint density at radius 2 is 2.31 bits per heavy atom. The van der Waals surface area contributed by atoms with E-state index in [0.717, 1.165) is 25.9 Å². The molecular weight excluding hydrogens is 224 g/mol. The Labute approximate surface area is 98.7 Å². The molecular formula is C10H16N4OS. The van der Waals surface area contributed by atoms with Gasteiger partial charge in [0.25, 0.3) is 0 Å². The van der Waals surface area contributed by atoms with Gasteiger partial charge >= 0.3 is 0 Å². The first-order valence-corrected chi connectivity index (χ1v) is 6.25. The maximum Gasteiger partial charge on any atom is 0.244 e. The summed E-state index contributed by atoms with van der Waals surface area (Å²) in [4.78, 5) is 17.9. The number of hydrogen-bond donors (Lipinski definition) is 2. The average molecular weight is 240 g/mol. The van der Waals surface area contributed by atoms with Crippen LogP contribution in [0.2, 0.25) is 0 Å². The zero-order chi connectivity index (χ0) is 11.5. The van der Waals surface area contributed by atoms with E-state index in [1.54, 1.807) is 6.20 Å². The lowest BCUT2D eigenvalue weighted by molar-refractivity contribution is -0.130. The minimum Gasteiger partial charge on any atom is -0.389 e. The van der Waals surface area contributed by atoms with E-state index < -0.39 is 0 Å². The molecule has 6 heteroatoms. The minimum absolute atomic E-state index is 0.145. The lowest BCUT2D eigenvalue weighted by Crippen LogP contribution is -2.39. The van der Waals surface area contributed by atoms with Crippen LogP contribution in [0.25, 0.3) is 0 Å². The molecule has 2 heterocycles. The van der Waals surface area contributed by atoms with Crippen molar-refractivity contribution in [3.05, 3.63) is 6.20 Å². The number of nitrogens with zero attached hydrogens (tertiary/aromatic N) is 2. The summed E-state index contributed by atoms with van der Waals surface area (Å²) in [6, 6.07) is -0.233. The van der Waals surface area contributed by atoms with Crippen molar-refractivity contribution < 1.29 is 4.79 Å². The lowest BCUT2D eigenvalue weighted by atomic mass is 10.3. The zero-order valence-electron chi connectivity index (χ0n) is 9.27. The summed E-state index contributed by atoms with van der Waals surface area (Å²) >= 11 is 1.36. The Morgan fingerprint density at radius 1 is 1.62 bits per heavy atom. The highest BCUT2D eigenvalue weighted by Gasteiger charge is 2.23. The first-order chi connectivity index (χ1) is 7.66. The third kappa shape index (κ3) is 2.44. The summed E-state index contributed by atoms with van der Waals surface area (Å²) in [6.07, 6.45) is 3.82. The van der Waals surface area contributed by atoms with E-state index in [9.17, 15) is 4.79 Å². The monoisotopic (exact) mass is 240 g/mol. The molecule has 0 aliphatic carbocycles. The first-order valence-electron chi connectivity index (χ1n) is 5.43. The van der Waals surface area contributed by atoms with Crippen LogP contribution in [-0.4, -0.2) is 34.9 Å². The van der Waals surface area contributed by atoms with Crippen molar-refractivity contribution in [3.63, 3.8) is 0 Å². The van der Waals surface area contributed by atoms with Crippen molar-refractivity contribution in [3.8, 4) is 0 Å². The maximum atomic E-state index is 12.0. The number of hydrogen-bond acceptors (Lipinski definition) is 5. The molecule has 3 N–H and O–H groups in total. The fourth-order valence-electron chi connectivity index (χ4n) is 1.81. The highest BCUT2D eigenvalue weighted by molar-refractivity contribution is 7.19. The molecule has 88 valence electrons. The van der Waals surface area contributed by atoms with Crippen LogP contribution in [0.1, 0.15) is 19.8 Å². The number of amides is 1. The number of carbonyl (C=O) groups excluding carboxylic acids is 1. The van der Waals surface area contributed by atoms with E-state index >= 15 is 0 Å². The van der Waals surface area contributed by atoms with E-state index in [1.165, 1.54) is 11.3 Å². The molecule has 1 aliphatic heterocycles. The number of nitrogens with two attached hydrogens (primary N) is 1. The second-order valence-corrected chi connectivity index (χ2v) is 5.03. The molecule has 0 aromatic carbocycles. The molecule has 1 aromatic rings. The van der Waals surface area contributed by atoms with Crippen LogP contribution in [0.3, 0.4) is 0 Å². The number of carbonyl (C=O) groups is 1. The van der Waals surface area contributed by atoms with Gasteiger partial charge in [-0.1, -0.05) is 11.3 Å². The number of nitrogen functional groups attached to an aromatic ring is 1. The van der Waals surface area contributed by atoms with Gasteiger partial charge in [-0.05, 0) is 19.8 Å². The van der Waals surface area contributed by atoms with Crippen LogP contribution in [0.15, 0.2) is 6.20 Å². The third-order valence-corrected chi connectivity index (χ3v) is 3.41. The summed E-state index contributed by atoms with van der Waals surface area (Å²) in [5.41, 5.74) is 5.57. The fraction of sp³-hybridized carbons (Fsp3) is 0.600. The molecule has 0 bridgehead atoms. The quantitative estimate of drug-likeness (QED) is 0.831. The molecule has 1 atom stereocenters. The Balaban J connectivity index is 1.91. The zero-order valence-corrected chi connectivity index (χ0v) is 10.1. The van der Waals surface area contributed by atoms with Crippen LogP contribution in [-0.2, 0) is 4.79 Å². The van der Waals surface area contributed by atoms with Gasteiger partial charge in [0, 0.05) is 13.1 Å². The number of nitrogens with one attached hydrogen (secondary N) is 1. The van der Waals surface area contributed by atoms with Gasteiger partial charge in [0.15, 0.2) is 5.13 Å². The lowest BCUT2D eigenvalue weighted by Gasteiger charge is -2.20. The van der Waals surface area contributed by atoms with E-state index in [4.69, 9.17) is 5.73 Å². The molecule has 0 spiro atoms. The van der Waals surface area contributed by atoms with Crippen LogP contribution in [0, 0.1) is 0 Å². The molecule has 2 rings (SSSR count). The van der Waals surface area contributed by atoms with Gasteiger partial charge in [0.05, 0.1) is 6.20 Å². The number of rotatable bonds is 3. The largest absolute Gasteiger partial charge is 0.389 e. The highest BCUT2D eigenvalue weighted by Crippen LogP contribution is 2.21. The molecule has 1 aliphatic rings. The van der Waals surface area contributed by atoms with Crippen LogP contribution in [0.4, 0.5) is 10.1 Å². The Morgan fingerprint density at radius 3 is 2.88 bits per heavy atom. The summed E-state index contributed by atoms with van der Waals surface area (Å²) < 4.78 is 0. The number of aromatic nitrogens is 1. The first kappa shape index (κ1) is 11.2. The van der Waals surface area contributed by atoms with Gasteiger partial charge in [0.2, 0.25) is 5.91 Å². The van der Waals surface area contributed by atoms with Gasteiger partial charge in [-0.25, -0.2) is 4.98 Å². The number of likely N-dealkylation sites (tertiary alicyclic amines) is 1. The molecule has 0 saturated carbocycles. The SMILES string of the molecule is CC(Nc1ncc(N)s1)C(=O)N1CCCC1. The maximum absolute atomic E-state index is 12.0. The van der Waals surface area contributed by atoms with Gasteiger partial charge < -0.3 is 16.0 Å². The van der Waals surface area contributed by atoms with Crippen molar-refractivity contribution in [1.82, 2.24) is 9.88 Å². The van der Waals surface area contributed by atoms with Gasteiger partial charge in [-0.2, -0.15) is 0 Å². The third-order valence-electron chi connectivity index (χ3n) is 2.65. The van der Waals surface area contributed by atoms with Gasteiger partial charge in [-0.3, -0.25) is 4.79 Å². The Hall–Kier alpha value is -1.30. The highest BCUT2D eigenvalue weighted by atomic mass is 32.1. The van der Waals surface area contributed by atoms with Crippen LogP contribution < -0.4 is 11.1 Å². The molecule has 1 aromatic heterocycles. The molecule has 1 saturated heterocycles. The summed E-state index contributed by atoms with van der Waals surface area (Å²) in [5, 5.41) is 4.44. The Bertz CT molecular complexity index is 373. The fourth-order valence-corrected chi connectivity index (χ4v) is 2.48. The Kier molecular flexibility index (Phi) is 3.28. The second-order valence-electron chi connectivity index (χ2n) is 3.97. The van der Waals surface area contributed by atoms with Crippen LogP contribution >= 0.6 is 11.3 Å². The van der Waals surface area contributed by atoms with Crippen molar-refractivity contribution in [2.75, 3.05) is 24.1 Å². The van der Waals surface area contributed by atoms with Gasteiger partial charge in [0.1, 0.15) is 11.0 Å². The molecule has 5 nitrogen and oxygen atoms in total. The van der Waals surface area contributed by atoms with E-state index in [1.807, 2.05) is 11.8 Å². The van der Waals surface area contributed by atoms with Crippen molar-refractivity contribution in [1.29, 1.82) is 0 Å². The van der Waals surface area contributed by atoms with Crippen LogP contribution in [0.5, 0.6) is 0 Å². The normalized spacial score (nSPS) is 17.4. The average Bonchev–Trinajstić information content (AvgIpc) is 2.88. The molecule has 0 radical (unpaired) electrons. The molecule has 1 fully saturated rings. The van der Waals surface area contributed by atoms with Crippen molar-refractivity contribution >= 4 is 27.4 Å². The molecule has 16 heavy (non-hydrogen) atoms. The smallest absolute Gasteiger partial charge is 0.244 e. The predicted molar refractivity (Wildman–Crippen MR) is 65.4 cm³/mol. The van der Waals surface area contributed by atoms with E-state index in [2.05, 4.69) is 10.3 Å². The summed E-state index contributed by atoms with van der Waals surface area (Å²) in [6.45, 7) is 3.62. The minimum atomic E-state index is -0.233. The van der Waals surface area contributed by atoms with Crippen molar-refractivity contribution in [2.45, 2.75) is 25.8 Å². The molecule has 1 unspecified atom stereocenters. The topological polar surface area (TPSA) is 71.2 Å². The standard InChI is InChI=1S/C10H16N4OS/c1-7(9(15)14-4-2-3-5-14)13-10-12-6-8(11)16-10/h6-7H,2-5,11H2,1H3,(H,12,13).